The van der Waals surface area contributed by atoms with Crippen molar-refractivity contribution in [3.05, 3.63) is 66.2 Å². The first-order chi connectivity index (χ1) is 12.6. The van der Waals surface area contributed by atoms with E-state index in [1.165, 1.54) is 18.4 Å². The molecule has 0 radical (unpaired) electrons. The van der Waals surface area contributed by atoms with Crippen molar-refractivity contribution < 1.29 is 9.47 Å². The van der Waals surface area contributed by atoms with Crippen molar-refractivity contribution in [2.24, 2.45) is 0 Å². The molecule has 0 aliphatic carbocycles. The maximum atomic E-state index is 6.03. The molecule has 0 fully saturated rings. The Labute approximate surface area is 158 Å². The van der Waals surface area contributed by atoms with Gasteiger partial charge in [-0.3, -0.25) is 4.90 Å². The molecule has 0 spiro atoms. The molecule has 3 heteroatoms. The normalized spacial score (nSPS) is 11.7. The zero-order valence-corrected chi connectivity index (χ0v) is 16.5. The lowest BCUT2D eigenvalue weighted by Gasteiger charge is -2.27. The minimum Gasteiger partial charge on any atom is -0.485 e. The van der Waals surface area contributed by atoms with Gasteiger partial charge in [-0.15, -0.1) is 0 Å². The van der Waals surface area contributed by atoms with E-state index >= 15 is 0 Å². The number of hydrogen-bond acceptors (Lipinski definition) is 3. The van der Waals surface area contributed by atoms with Gasteiger partial charge in [-0.1, -0.05) is 61.9 Å². The van der Waals surface area contributed by atoms with E-state index in [9.17, 15) is 0 Å². The monoisotopic (exact) mass is 355 g/mol. The summed E-state index contributed by atoms with van der Waals surface area (Å²) in [4.78, 5) is 2.48. The van der Waals surface area contributed by atoms with Crippen molar-refractivity contribution in [3.63, 3.8) is 0 Å². The number of nitrogens with zero attached hydrogens (tertiary/aromatic N) is 1. The smallest absolute Gasteiger partial charge is 0.127 e. The molecule has 2 rings (SSSR count). The average Bonchev–Trinajstić information content (AvgIpc) is 2.64. The van der Waals surface area contributed by atoms with Gasteiger partial charge in [-0.2, -0.15) is 0 Å². The largest absolute Gasteiger partial charge is 0.485 e. The van der Waals surface area contributed by atoms with E-state index in [1.807, 2.05) is 30.3 Å². The van der Waals surface area contributed by atoms with Crippen LogP contribution in [0.3, 0.4) is 0 Å². The molecule has 26 heavy (non-hydrogen) atoms. The Bertz CT molecular complexity index is 598. The Hall–Kier alpha value is -1.84. The second kappa shape index (κ2) is 11.0. The summed E-state index contributed by atoms with van der Waals surface area (Å²) in [6.07, 6.45) is 2.43. The zero-order chi connectivity index (χ0) is 18.7. The SMILES string of the molecule is CCCCN(CCOCC(C)(C)Oc1ccccc1)Cc1ccccc1. The summed E-state index contributed by atoms with van der Waals surface area (Å²) in [5.41, 5.74) is 1.02. The molecule has 142 valence electrons. The van der Waals surface area contributed by atoms with Crippen molar-refractivity contribution in [1.29, 1.82) is 0 Å². The van der Waals surface area contributed by atoms with Crippen molar-refractivity contribution in [2.45, 2.75) is 45.8 Å². The lowest BCUT2D eigenvalue weighted by atomic mass is 10.1. The molecule has 0 bridgehead atoms. The van der Waals surface area contributed by atoms with Crippen LogP contribution in [0.25, 0.3) is 0 Å². The Morgan fingerprint density at radius 3 is 2.19 bits per heavy atom. The molecule has 0 aliphatic heterocycles. The van der Waals surface area contributed by atoms with Crippen LogP contribution >= 0.6 is 0 Å². The number of hydrogen-bond donors (Lipinski definition) is 0. The molecule has 0 N–H and O–H groups in total. The fourth-order valence-electron chi connectivity index (χ4n) is 2.84. The molecule has 2 aromatic carbocycles. The molecule has 0 saturated carbocycles. The standard InChI is InChI=1S/C23H33NO2/c1-4-5-16-24(19-21-12-8-6-9-13-21)17-18-25-20-23(2,3)26-22-14-10-7-11-15-22/h6-15H,4-5,16-20H2,1-3H3. The summed E-state index contributed by atoms with van der Waals surface area (Å²) in [6, 6.07) is 20.6. The van der Waals surface area contributed by atoms with Crippen molar-refractivity contribution in [3.8, 4) is 5.75 Å². The number of para-hydroxylation sites is 1. The van der Waals surface area contributed by atoms with Crippen LogP contribution in [0.15, 0.2) is 60.7 Å². The van der Waals surface area contributed by atoms with Crippen molar-refractivity contribution in [1.82, 2.24) is 4.90 Å². The van der Waals surface area contributed by atoms with E-state index in [1.54, 1.807) is 0 Å². The van der Waals surface area contributed by atoms with Gasteiger partial charge in [0.05, 0.1) is 13.2 Å². The lowest BCUT2D eigenvalue weighted by molar-refractivity contribution is -0.00983. The fraction of sp³-hybridized carbons (Fsp3) is 0.478. The first-order valence-electron chi connectivity index (χ1n) is 9.67. The quantitative estimate of drug-likeness (QED) is 0.491. The molecule has 0 aliphatic rings. The fourth-order valence-corrected chi connectivity index (χ4v) is 2.84. The summed E-state index contributed by atoms with van der Waals surface area (Å²) in [7, 11) is 0. The Morgan fingerprint density at radius 2 is 1.54 bits per heavy atom. The van der Waals surface area contributed by atoms with Crippen LogP contribution in [0.5, 0.6) is 5.75 Å². The van der Waals surface area contributed by atoms with Gasteiger partial charge < -0.3 is 9.47 Å². The van der Waals surface area contributed by atoms with Gasteiger partial charge in [0.25, 0.3) is 0 Å². The number of ether oxygens (including phenoxy) is 2. The van der Waals surface area contributed by atoms with E-state index < -0.39 is 0 Å². The highest BCUT2D eigenvalue weighted by atomic mass is 16.5. The summed E-state index contributed by atoms with van der Waals surface area (Å²) < 4.78 is 12.0. The van der Waals surface area contributed by atoms with E-state index in [2.05, 4.69) is 56.0 Å². The third-order valence-corrected chi connectivity index (χ3v) is 4.22. The van der Waals surface area contributed by atoms with Crippen LogP contribution < -0.4 is 4.74 Å². The van der Waals surface area contributed by atoms with Gasteiger partial charge in [0, 0.05) is 13.1 Å². The minimum absolute atomic E-state index is 0.338. The second-order valence-electron chi connectivity index (χ2n) is 7.34. The Kier molecular flexibility index (Phi) is 8.66. The summed E-state index contributed by atoms with van der Waals surface area (Å²) in [5.74, 6) is 0.884. The maximum absolute atomic E-state index is 6.03. The summed E-state index contributed by atoms with van der Waals surface area (Å²) in [6.45, 7) is 10.7. The maximum Gasteiger partial charge on any atom is 0.127 e. The topological polar surface area (TPSA) is 21.7 Å². The Balaban J connectivity index is 1.75. The predicted molar refractivity (Wildman–Crippen MR) is 109 cm³/mol. The number of benzene rings is 2. The van der Waals surface area contributed by atoms with Crippen LogP contribution in [0, 0.1) is 0 Å². The lowest BCUT2D eigenvalue weighted by Crippen LogP contribution is -2.36. The second-order valence-corrected chi connectivity index (χ2v) is 7.34. The van der Waals surface area contributed by atoms with E-state index in [4.69, 9.17) is 9.47 Å². The molecule has 0 atom stereocenters. The summed E-state index contributed by atoms with van der Waals surface area (Å²) >= 11 is 0. The molecular weight excluding hydrogens is 322 g/mol. The molecule has 0 saturated heterocycles. The van der Waals surface area contributed by atoms with E-state index in [0.29, 0.717) is 6.61 Å². The first kappa shape index (κ1) is 20.5. The van der Waals surface area contributed by atoms with Gasteiger partial charge in [-0.05, 0) is 44.5 Å². The molecule has 2 aromatic rings. The van der Waals surface area contributed by atoms with Gasteiger partial charge in [0.1, 0.15) is 11.4 Å². The molecule has 3 nitrogen and oxygen atoms in total. The number of unbranched alkanes of at least 4 members (excludes halogenated alkanes) is 1. The van der Waals surface area contributed by atoms with Crippen LogP contribution in [-0.2, 0) is 11.3 Å². The zero-order valence-electron chi connectivity index (χ0n) is 16.5. The molecule has 0 aromatic heterocycles. The first-order valence-corrected chi connectivity index (χ1v) is 9.67. The Morgan fingerprint density at radius 1 is 0.885 bits per heavy atom. The van der Waals surface area contributed by atoms with Gasteiger partial charge in [0.15, 0.2) is 0 Å². The van der Waals surface area contributed by atoms with Crippen LogP contribution in [-0.4, -0.2) is 36.8 Å². The molecule has 0 amide bonds. The molecule has 0 unspecified atom stereocenters. The minimum atomic E-state index is -0.338. The predicted octanol–water partition coefficient (Wildman–Crippen LogP) is 5.16. The third-order valence-electron chi connectivity index (χ3n) is 4.22. The average molecular weight is 356 g/mol. The van der Waals surface area contributed by atoms with Crippen LogP contribution in [0.1, 0.15) is 39.2 Å². The van der Waals surface area contributed by atoms with E-state index in [0.717, 1.165) is 32.0 Å². The number of rotatable bonds is 12. The molecule has 0 heterocycles. The van der Waals surface area contributed by atoms with E-state index in [-0.39, 0.29) is 5.60 Å². The third kappa shape index (κ3) is 8.03. The van der Waals surface area contributed by atoms with Gasteiger partial charge >= 0.3 is 0 Å². The van der Waals surface area contributed by atoms with Crippen LogP contribution in [0.4, 0.5) is 0 Å². The van der Waals surface area contributed by atoms with Gasteiger partial charge in [-0.25, -0.2) is 0 Å². The van der Waals surface area contributed by atoms with Crippen molar-refractivity contribution >= 4 is 0 Å². The highest BCUT2D eigenvalue weighted by Gasteiger charge is 2.20. The summed E-state index contributed by atoms with van der Waals surface area (Å²) in [5, 5.41) is 0. The highest BCUT2D eigenvalue weighted by molar-refractivity contribution is 5.21. The molecular formula is C23H33NO2. The van der Waals surface area contributed by atoms with Gasteiger partial charge in [0.2, 0.25) is 0 Å². The highest BCUT2D eigenvalue weighted by Crippen LogP contribution is 2.18. The van der Waals surface area contributed by atoms with Crippen molar-refractivity contribution in [2.75, 3.05) is 26.3 Å². The van der Waals surface area contributed by atoms with Crippen LogP contribution in [0.2, 0.25) is 0 Å².